The number of rotatable bonds is 3. The quantitative estimate of drug-likeness (QED) is 0.630. The number of nitrogens with one attached hydrogen (secondary N) is 1. The van der Waals surface area contributed by atoms with Gasteiger partial charge < -0.3 is 0 Å². The fourth-order valence-electron chi connectivity index (χ4n) is 1.41. The van der Waals surface area contributed by atoms with E-state index in [9.17, 15) is 10.1 Å². The van der Waals surface area contributed by atoms with Crippen molar-refractivity contribution in [1.82, 2.24) is 10.2 Å². The third kappa shape index (κ3) is 2.14. The molecule has 2 rings (SSSR count). The van der Waals surface area contributed by atoms with Gasteiger partial charge in [0.15, 0.2) is 0 Å². The van der Waals surface area contributed by atoms with Gasteiger partial charge in [-0.25, -0.2) is 0 Å². The Bertz CT molecular complexity index is 517. The molecule has 0 unspecified atom stereocenters. The van der Waals surface area contributed by atoms with Crippen LogP contribution in [-0.2, 0) is 0 Å². The SMILES string of the molecule is O=[N+]([O-])C=Cc1n[nH]cc1-c1ccccc1. The van der Waals surface area contributed by atoms with E-state index in [4.69, 9.17) is 0 Å². The predicted molar refractivity (Wildman–Crippen MR) is 60.1 cm³/mol. The summed E-state index contributed by atoms with van der Waals surface area (Å²) in [6.45, 7) is 0. The molecule has 0 spiro atoms. The van der Waals surface area contributed by atoms with Gasteiger partial charge >= 0.3 is 0 Å². The van der Waals surface area contributed by atoms with Gasteiger partial charge in [-0.05, 0) is 5.56 Å². The number of aromatic amines is 1. The van der Waals surface area contributed by atoms with Gasteiger partial charge in [-0.15, -0.1) is 0 Å². The zero-order chi connectivity index (χ0) is 11.4. The van der Waals surface area contributed by atoms with E-state index in [1.807, 2.05) is 30.3 Å². The first-order valence-electron chi connectivity index (χ1n) is 4.68. The number of aromatic nitrogens is 2. The van der Waals surface area contributed by atoms with Crippen LogP contribution in [0.25, 0.3) is 17.2 Å². The zero-order valence-corrected chi connectivity index (χ0v) is 8.33. The van der Waals surface area contributed by atoms with Crippen molar-refractivity contribution in [1.29, 1.82) is 0 Å². The summed E-state index contributed by atoms with van der Waals surface area (Å²) < 4.78 is 0. The standard InChI is InChI=1S/C11H9N3O2/c15-14(16)7-6-11-10(8-12-13-11)9-4-2-1-3-5-9/h1-8H,(H,12,13). The van der Waals surface area contributed by atoms with E-state index in [0.717, 1.165) is 17.3 Å². The minimum absolute atomic E-state index is 0.510. The second-order valence-electron chi connectivity index (χ2n) is 3.15. The summed E-state index contributed by atoms with van der Waals surface area (Å²) in [4.78, 5) is 9.71. The Morgan fingerprint density at radius 2 is 2.06 bits per heavy atom. The maximum atomic E-state index is 10.2. The Morgan fingerprint density at radius 1 is 1.31 bits per heavy atom. The van der Waals surface area contributed by atoms with Gasteiger partial charge in [0.25, 0.3) is 0 Å². The Labute approximate surface area is 91.6 Å². The van der Waals surface area contributed by atoms with Crippen molar-refractivity contribution in [3.8, 4) is 11.1 Å². The highest BCUT2D eigenvalue weighted by molar-refractivity contribution is 5.72. The molecule has 0 bridgehead atoms. The molecular weight excluding hydrogens is 206 g/mol. The van der Waals surface area contributed by atoms with Crippen molar-refractivity contribution in [3.05, 3.63) is 58.5 Å². The van der Waals surface area contributed by atoms with Crippen LogP contribution in [0.5, 0.6) is 0 Å². The highest BCUT2D eigenvalue weighted by Crippen LogP contribution is 2.22. The van der Waals surface area contributed by atoms with E-state index in [1.165, 1.54) is 6.08 Å². The van der Waals surface area contributed by atoms with Crippen LogP contribution in [-0.4, -0.2) is 15.1 Å². The maximum Gasteiger partial charge on any atom is 0.236 e. The molecule has 1 heterocycles. The summed E-state index contributed by atoms with van der Waals surface area (Å²) >= 11 is 0. The Hall–Kier alpha value is -2.43. The van der Waals surface area contributed by atoms with Gasteiger partial charge in [0.2, 0.25) is 6.20 Å². The average molecular weight is 215 g/mol. The molecule has 5 nitrogen and oxygen atoms in total. The number of H-pyrrole nitrogens is 1. The van der Waals surface area contributed by atoms with Crippen LogP contribution in [0.2, 0.25) is 0 Å². The first-order valence-corrected chi connectivity index (χ1v) is 4.68. The number of nitro groups is 1. The molecule has 0 saturated heterocycles. The van der Waals surface area contributed by atoms with Gasteiger partial charge in [0, 0.05) is 17.8 Å². The van der Waals surface area contributed by atoms with Crippen molar-refractivity contribution in [2.45, 2.75) is 0 Å². The van der Waals surface area contributed by atoms with Gasteiger partial charge in [0.05, 0.1) is 10.6 Å². The lowest BCUT2D eigenvalue weighted by Crippen LogP contribution is -1.84. The smallest absolute Gasteiger partial charge is 0.236 e. The normalized spacial score (nSPS) is 10.8. The second-order valence-corrected chi connectivity index (χ2v) is 3.15. The Balaban J connectivity index is 2.37. The fraction of sp³-hybridized carbons (Fsp3) is 0. The van der Waals surface area contributed by atoms with Crippen LogP contribution in [0, 0.1) is 10.1 Å². The molecule has 0 amide bonds. The van der Waals surface area contributed by atoms with Crippen LogP contribution in [0.15, 0.2) is 42.7 Å². The van der Waals surface area contributed by atoms with E-state index in [2.05, 4.69) is 10.2 Å². The molecule has 0 saturated carbocycles. The Morgan fingerprint density at radius 3 is 2.75 bits per heavy atom. The van der Waals surface area contributed by atoms with Gasteiger partial charge in [-0.1, -0.05) is 30.3 Å². The van der Waals surface area contributed by atoms with Crippen LogP contribution < -0.4 is 0 Å². The highest BCUT2D eigenvalue weighted by atomic mass is 16.6. The molecule has 5 heteroatoms. The Kier molecular flexibility index (Phi) is 2.77. The largest absolute Gasteiger partial charge is 0.284 e. The number of hydrogen-bond acceptors (Lipinski definition) is 3. The average Bonchev–Trinajstić information content (AvgIpc) is 2.75. The molecule has 1 aromatic heterocycles. The zero-order valence-electron chi connectivity index (χ0n) is 8.33. The second kappa shape index (κ2) is 4.39. The predicted octanol–water partition coefficient (Wildman–Crippen LogP) is 2.32. The lowest BCUT2D eigenvalue weighted by Gasteiger charge is -1.96. The van der Waals surface area contributed by atoms with E-state index >= 15 is 0 Å². The monoisotopic (exact) mass is 215 g/mol. The maximum absolute atomic E-state index is 10.2. The minimum Gasteiger partial charge on any atom is -0.284 e. The first kappa shape index (κ1) is 10.1. The lowest BCUT2D eigenvalue weighted by molar-refractivity contribution is -0.401. The molecule has 0 aliphatic rings. The molecule has 0 atom stereocenters. The van der Waals surface area contributed by atoms with Crippen LogP contribution in [0.3, 0.4) is 0 Å². The topological polar surface area (TPSA) is 71.8 Å². The van der Waals surface area contributed by atoms with Crippen molar-refractivity contribution in [2.24, 2.45) is 0 Å². The summed E-state index contributed by atoms with van der Waals surface area (Å²) in [6.07, 6.45) is 3.97. The van der Waals surface area contributed by atoms with E-state index in [1.54, 1.807) is 6.20 Å². The van der Waals surface area contributed by atoms with E-state index in [0.29, 0.717) is 5.69 Å². The summed E-state index contributed by atoms with van der Waals surface area (Å²) in [5.74, 6) is 0. The molecule has 80 valence electrons. The molecular formula is C11H9N3O2. The van der Waals surface area contributed by atoms with Gasteiger partial charge in [-0.2, -0.15) is 5.10 Å². The van der Waals surface area contributed by atoms with Crippen LogP contribution >= 0.6 is 0 Å². The fourth-order valence-corrected chi connectivity index (χ4v) is 1.41. The number of nitrogens with zero attached hydrogens (tertiary/aromatic N) is 2. The summed E-state index contributed by atoms with van der Waals surface area (Å²) in [5.41, 5.74) is 2.38. The molecule has 1 N–H and O–H groups in total. The molecule has 0 aliphatic heterocycles. The van der Waals surface area contributed by atoms with Crippen molar-refractivity contribution < 1.29 is 4.92 Å². The third-order valence-corrected chi connectivity index (χ3v) is 2.11. The molecule has 1 aromatic carbocycles. The molecule has 0 aliphatic carbocycles. The van der Waals surface area contributed by atoms with Crippen molar-refractivity contribution in [2.75, 3.05) is 0 Å². The first-order chi connectivity index (χ1) is 7.77. The van der Waals surface area contributed by atoms with Crippen LogP contribution in [0.4, 0.5) is 0 Å². The van der Waals surface area contributed by atoms with Crippen molar-refractivity contribution in [3.63, 3.8) is 0 Å². The van der Waals surface area contributed by atoms with Gasteiger partial charge in [0.1, 0.15) is 0 Å². The van der Waals surface area contributed by atoms with Crippen LogP contribution in [0.1, 0.15) is 5.69 Å². The molecule has 2 aromatic rings. The van der Waals surface area contributed by atoms with E-state index < -0.39 is 4.92 Å². The van der Waals surface area contributed by atoms with Crippen molar-refractivity contribution >= 4 is 6.08 Å². The number of hydrogen-bond donors (Lipinski definition) is 1. The number of benzene rings is 1. The van der Waals surface area contributed by atoms with E-state index in [-0.39, 0.29) is 0 Å². The molecule has 0 fully saturated rings. The summed E-state index contributed by atoms with van der Waals surface area (Å²) in [7, 11) is 0. The summed E-state index contributed by atoms with van der Waals surface area (Å²) in [6, 6.07) is 9.57. The molecule has 0 radical (unpaired) electrons. The third-order valence-electron chi connectivity index (χ3n) is 2.11. The minimum atomic E-state index is -0.510. The highest BCUT2D eigenvalue weighted by Gasteiger charge is 2.05. The summed E-state index contributed by atoms with van der Waals surface area (Å²) in [5, 5.41) is 16.9. The lowest BCUT2D eigenvalue weighted by atomic mass is 10.1. The molecule has 16 heavy (non-hydrogen) atoms. The van der Waals surface area contributed by atoms with Gasteiger partial charge in [-0.3, -0.25) is 15.2 Å².